The van der Waals surface area contributed by atoms with E-state index in [9.17, 15) is 13.2 Å². The minimum Gasteiger partial charge on any atom is -0.348 e. The maximum atomic E-state index is 12.5. The summed E-state index contributed by atoms with van der Waals surface area (Å²) in [5.74, 6) is -0.431. The highest BCUT2D eigenvalue weighted by Gasteiger charge is 2.16. The third-order valence-corrected chi connectivity index (χ3v) is 5.50. The van der Waals surface area contributed by atoms with Gasteiger partial charge < -0.3 is 5.32 Å². The number of hydrogen-bond donors (Lipinski definition) is 1. The Kier molecular flexibility index (Phi) is 5.62. The molecule has 3 aromatic rings. The number of carbonyl (C=O) groups is 1. The highest BCUT2D eigenvalue weighted by Crippen LogP contribution is 2.21. The summed E-state index contributed by atoms with van der Waals surface area (Å²) in [7, 11) is -3.43. The van der Waals surface area contributed by atoms with E-state index < -0.39 is 15.7 Å². The number of rotatable bonds is 6. The predicted octanol–water partition coefficient (Wildman–Crippen LogP) is 2.92. The summed E-state index contributed by atoms with van der Waals surface area (Å²) in [6.45, 7) is 0.874. The van der Waals surface area contributed by atoms with Gasteiger partial charge in [0.25, 0.3) is 5.91 Å². The van der Waals surface area contributed by atoms with Crippen molar-refractivity contribution in [2.75, 3.05) is 6.26 Å². The second-order valence-electron chi connectivity index (χ2n) is 6.07. The van der Waals surface area contributed by atoms with E-state index in [1.807, 2.05) is 36.5 Å². The Morgan fingerprint density at radius 1 is 1.15 bits per heavy atom. The lowest BCUT2D eigenvalue weighted by molar-refractivity contribution is 0.0950. The van der Waals surface area contributed by atoms with Gasteiger partial charge in [0.1, 0.15) is 0 Å². The van der Waals surface area contributed by atoms with Gasteiger partial charge in [0.15, 0.2) is 9.84 Å². The molecule has 2 aromatic carbocycles. The molecule has 1 aromatic heterocycles. The predicted molar refractivity (Wildman–Crippen MR) is 104 cm³/mol. The third-order valence-electron chi connectivity index (χ3n) is 4.06. The van der Waals surface area contributed by atoms with Crippen molar-refractivity contribution < 1.29 is 13.2 Å². The molecule has 1 amide bonds. The molecule has 0 aliphatic rings. The minimum absolute atomic E-state index is 0.0520. The molecule has 0 spiro atoms. The fourth-order valence-corrected chi connectivity index (χ4v) is 3.48. The zero-order chi connectivity index (χ0) is 19.4. The summed E-state index contributed by atoms with van der Waals surface area (Å²) in [6, 6.07) is 13.7. The average Bonchev–Trinajstić information content (AvgIpc) is 3.13. The number of nitrogens with zero attached hydrogens (tertiary/aromatic N) is 2. The number of amides is 1. The molecule has 1 N–H and O–H groups in total. The summed E-state index contributed by atoms with van der Waals surface area (Å²) in [6.07, 6.45) is 4.66. The number of halogens is 1. The van der Waals surface area contributed by atoms with Gasteiger partial charge in [-0.3, -0.25) is 9.48 Å². The van der Waals surface area contributed by atoms with Crippen molar-refractivity contribution in [1.82, 2.24) is 15.1 Å². The third kappa shape index (κ3) is 4.75. The van der Waals surface area contributed by atoms with Crippen LogP contribution in [0.2, 0.25) is 5.02 Å². The Morgan fingerprint density at radius 2 is 1.89 bits per heavy atom. The zero-order valence-electron chi connectivity index (χ0n) is 14.6. The van der Waals surface area contributed by atoms with E-state index in [4.69, 9.17) is 11.6 Å². The van der Waals surface area contributed by atoms with Crippen molar-refractivity contribution in [3.8, 4) is 0 Å². The molecular weight excluding hydrogens is 386 g/mol. The summed E-state index contributed by atoms with van der Waals surface area (Å²) < 4.78 is 25.2. The van der Waals surface area contributed by atoms with E-state index in [2.05, 4.69) is 10.4 Å². The van der Waals surface area contributed by atoms with E-state index in [0.717, 1.165) is 17.4 Å². The smallest absolute Gasteiger partial charge is 0.253 e. The van der Waals surface area contributed by atoms with E-state index in [1.54, 1.807) is 10.9 Å². The normalized spacial score (nSPS) is 11.3. The van der Waals surface area contributed by atoms with Crippen LogP contribution in [0, 0.1) is 0 Å². The van der Waals surface area contributed by atoms with Gasteiger partial charge in [-0.05, 0) is 35.4 Å². The van der Waals surface area contributed by atoms with E-state index in [1.165, 1.54) is 18.2 Å². The first-order chi connectivity index (χ1) is 12.8. The number of benzene rings is 2. The number of aromatic nitrogens is 2. The van der Waals surface area contributed by atoms with Gasteiger partial charge in [-0.25, -0.2) is 8.42 Å². The van der Waals surface area contributed by atoms with Crippen LogP contribution in [0.5, 0.6) is 0 Å². The van der Waals surface area contributed by atoms with E-state index >= 15 is 0 Å². The Morgan fingerprint density at radius 3 is 2.56 bits per heavy atom. The molecular formula is C19H18ClN3O3S. The Hall–Kier alpha value is -2.64. The summed E-state index contributed by atoms with van der Waals surface area (Å²) in [5, 5.41) is 7.20. The minimum atomic E-state index is -3.43. The highest BCUT2D eigenvalue weighted by molar-refractivity contribution is 7.90. The topological polar surface area (TPSA) is 81.1 Å². The number of sulfone groups is 1. The van der Waals surface area contributed by atoms with Crippen LogP contribution in [0.3, 0.4) is 0 Å². The molecule has 0 saturated carbocycles. The lowest BCUT2D eigenvalue weighted by Gasteiger charge is -2.12. The molecule has 140 valence electrons. The molecule has 1 heterocycles. The summed E-state index contributed by atoms with van der Waals surface area (Å²) >= 11 is 6.08. The van der Waals surface area contributed by atoms with Crippen LogP contribution in [-0.2, 0) is 22.9 Å². The Labute approximate surface area is 162 Å². The molecule has 0 aliphatic carbocycles. The maximum absolute atomic E-state index is 12.5. The maximum Gasteiger partial charge on any atom is 0.253 e. The monoisotopic (exact) mass is 403 g/mol. The van der Waals surface area contributed by atoms with Gasteiger partial charge in [0.2, 0.25) is 0 Å². The molecule has 6 nitrogen and oxygen atoms in total. The average molecular weight is 404 g/mol. The standard InChI is InChI=1S/C19H18ClN3O3S/c1-27(25,26)16-7-8-18(20)17(11-16)19(24)21-12-14-5-2-3-6-15(14)13-23-10-4-9-22-23/h2-11H,12-13H2,1H3,(H,21,24). The zero-order valence-corrected chi connectivity index (χ0v) is 16.2. The molecule has 0 fully saturated rings. The fourth-order valence-electron chi connectivity index (χ4n) is 2.63. The highest BCUT2D eigenvalue weighted by atomic mass is 35.5. The van der Waals surface area contributed by atoms with Gasteiger partial charge in [-0.2, -0.15) is 5.10 Å². The van der Waals surface area contributed by atoms with Crippen molar-refractivity contribution >= 4 is 27.3 Å². The van der Waals surface area contributed by atoms with Crippen LogP contribution >= 0.6 is 11.6 Å². The molecule has 0 saturated heterocycles. The van der Waals surface area contributed by atoms with Crippen LogP contribution < -0.4 is 5.32 Å². The Balaban J connectivity index is 1.77. The van der Waals surface area contributed by atoms with Crippen molar-refractivity contribution in [2.45, 2.75) is 18.0 Å². The quantitative estimate of drug-likeness (QED) is 0.686. The Bertz CT molecular complexity index is 1060. The fraction of sp³-hybridized carbons (Fsp3) is 0.158. The van der Waals surface area contributed by atoms with Crippen molar-refractivity contribution in [3.05, 3.63) is 82.6 Å². The van der Waals surface area contributed by atoms with Crippen LogP contribution in [-0.4, -0.2) is 30.4 Å². The van der Waals surface area contributed by atoms with Gasteiger partial charge in [-0.1, -0.05) is 35.9 Å². The van der Waals surface area contributed by atoms with Gasteiger partial charge in [-0.15, -0.1) is 0 Å². The van der Waals surface area contributed by atoms with Gasteiger partial charge >= 0.3 is 0 Å². The van der Waals surface area contributed by atoms with Crippen LogP contribution in [0.25, 0.3) is 0 Å². The first-order valence-corrected chi connectivity index (χ1v) is 10.4. The summed E-state index contributed by atoms with van der Waals surface area (Å²) in [4.78, 5) is 12.6. The van der Waals surface area contributed by atoms with E-state index in [-0.39, 0.29) is 22.0 Å². The van der Waals surface area contributed by atoms with Crippen molar-refractivity contribution in [2.24, 2.45) is 0 Å². The second-order valence-corrected chi connectivity index (χ2v) is 8.49. The number of carbonyl (C=O) groups excluding carboxylic acids is 1. The molecule has 3 rings (SSSR count). The summed E-state index contributed by atoms with van der Waals surface area (Å²) in [5.41, 5.74) is 2.10. The SMILES string of the molecule is CS(=O)(=O)c1ccc(Cl)c(C(=O)NCc2ccccc2Cn2cccn2)c1. The van der Waals surface area contributed by atoms with Crippen LogP contribution in [0.1, 0.15) is 21.5 Å². The second kappa shape index (κ2) is 7.94. The number of nitrogens with one attached hydrogen (secondary N) is 1. The lowest BCUT2D eigenvalue weighted by atomic mass is 10.1. The first-order valence-electron chi connectivity index (χ1n) is 8.16. The van der Waals surface area contributed by atoms with Crippen LogP contribution in [0.4, 0.5) is 0 Å². The number of hydrogen-bond acceptors (Lipinski definition) is 4. The molecule has 0 bridgehead atoms. The van der Waals surface area contributed by atoms with Crippen molar-refractivity contribution in [3.63, 3.8) is 0 Å². The molecule has 27 heavy (non-hydrogen) atoms. The van der Waals surface area contributed by atoms with E-state index in [0.29, 0.717) is 6.54 Å². The van der Waals surface area contributed by atoms with Crippen LogP contribution in [0.15, 0.2) is 65.8 Å². The first kappa shape index (κ1) is 19.1. The molecule has 0 atom stereocenters. The molecule has 0 unspecified atom stereocenters. The largest absolute Gasteiger partial charge is 0.348 e. The molecule has 0 aliphatic heterocycles. The molecule has 8 heteroatoms. The van der Waals surface area contributed by atoms with Gasteiger partial charge in [0, 0.05) is 25.2 Å². The van der Waals surface area contributed by atoms with Crippen molar-refractivity contribution in [1.29, 1.82) is 0 Å². The molecule has 0 radical (unpaired) electrons. The lowest BCUT2D eigenvalue weighted by Crippen LogP contribution is -2.24. The van der Waals surface area contributed by atoms with Gasteiger partial charge in [0.05, 0.1) is 22.0 Å².